The van der Waals surface area contributed by atoms with Gasteiger partial charge in [0.05, 0.1) is 29.5 Å². The zero-order valence-electron chi connectivity index (χ0n) is 16.8. The normalized spacial score (nSPS) is 11.0. The number of furan rings is 1. The maximum absolute atomic E-state index is 13.1. The number of carbonyl (C=O) groups excluding carboxylic acids is 1. The van der Waals surface area contributed by atoms with Crippen LogP contribution in [0, 0.1) is 0 Å². The van der Waals surface area contributed by atoms with Gasteiger partial charge in [-0.2, -0.15) is 0 Å². The van der Waals surface area contributed by atoms with Crippen molar-refractivity contribution in [1.29, 1.82) is 0 Å². The third-order valence-electron chi connectivity index (χ3n) is 4.73. The number of nitrogens with one attached hydrogen (secondary N) is 1. The Bertz CT molecular complexity index is 1290. The van der Waals surface area contributed by atoms with Gasteiger partial charge < -0.3 is 9.73 Å². The zero-order chi connectivity index (χ0) is 21.8. The Kier molecular flexibility index (Phi) is 6.44. The van der Waals surface area contributed by atoms with Crippen LogP contribution in [0.15, 0.2) is 75.2 Å². The topological polar surface area (TPSA) is 77.1 Å². The molecule has 0 atom stereocenters. The zero-order valence-corrected chi connectivity index (χ0v) is 18.4. The Hall–Kier alpha value is -3.03. The van der Waals surface area contributed by atoms with Crippen LogP contribution < -0.4 is 10.9 Å². The highest BCUT2D eigenvalue weighted by atomic mass is 35.5. The molecule has 158 valence electrons. The van der Waals surface area contributed by atoms with Crippen molar-refractivity contribution in [3.63, 3.8) is 0 Å². The summed E-state index contributed by atoms with van der Waals surface area (Å²) in [6.45, 7) is 2.28. The maximum Gasteiger partial charge on any atom is 0.262 e. The van der Waals surface area contributed by atoms with Gasteiger partial charge in [-0.25, -0.2) is 4.98 Å². The minimum absolute atomic E-state index is 0.104. The van der Waals surface area contributed by atoms with Crippen LogP contribution in [0.5, 0.6) is 0 Å². The van der Waals surface area contributed by atoms with E-state index in [1.54, 1.807) is 36.6 Å². The number of amides is 1. The molecular formula is C23H20ClN3O3S. The van der Waals surface area contributed by atoms with Crippen LogP contribution in [0.3, 0.4) is 0 Å². The standard InChI is InChI=1S/C23H20ClN3O3S/c1-2-15-5-3-6-17(11-15)25-21(28)14-31-23-26-20-12-16(24)8-9-19(20)22(29)27(23)13-18-7-4-10-30-18/h3-12H,2,13-14H2,1H3,(H,25,28). The number of fused-ring (bicyclic) bond motifs is 1. The van der Waals surface area contributed by atoms with Gasteiger partial charge in [0.1, 0.15) is 5.76 Å². The summed E-state index contributed by atoms with van der Waals surface area (Å²) in [5, 5.41) is 4.28. The van der Waals surface area contributed by atoms with Gasteiger partial charge >= 0.3 is 0 Å². The second-order valence-electron chi connectivity index (χ2n) is 6.92. The lowest BCUT2D eigenvalue weighted by Gasteiger charge is -2.12. The summed E-state index contributed by atoms with van der Waals surface area (Å²) in [6, 6.07) is 16.3. The van der Waals surface area contributed by atoms with E-state index in [2.05, 4.69) is 17.2 Å². The SMILES string of the molecule is CCc1cccc(NC(=O)CSc2nc3cc(Cl)ccc3c(=O)n2Cc2ccco2)c1. The van der Waals surface area contributed by atoms with Crippen LogP contribution in [-0.2, 0) is 17.8 Å². The third kappa shape index (κ3) is 5.00. The molecule has 0 fully saturated rings. The molecule has 0 spiro atoms. The van der Waals surface area contributed by atoms with Gasteiger partial charge in [0.25, 0.3) is 5.56 Å². The molecule has 1 N–H and O–H groups in total. The van der Waals surface area contributed by atoms with E-state index in [9.17, 15) is 9.59 Å². The average molecular weight is 454 g/mol. The van der Waals surface area contributed by atoms with Gasteiger partial charge in [0, 0.05) is 10.7 Å². The van der Waals surface area contributed by atoms with Gasteiger partial charge in [0.15, 0.2) is 5.16 Å². The van der Waals surface area contributed by atoms with Gasteiger partial charge in [0.2, 0.25) is 5.91 Å². The summed E-state index contributed by atoms with van der Waals surface area (Å²) in [4.78, 5) is 30.3. The van der Waals surface area contributed by atoms with Crippen LogP contribution in [0.25, 0.3) is 10.9 Å². The minimum atomic E-state index is -0.211. The molecule has 4 rings (SSSR count). The van der Waals surface area contributed by atoms with Gasteiger partial charge in [-0.05, 0) is 54.4 Å². The van der Waals surface area contributed by atoms with Crippen LogP contribution in [0.2, 0.25) is 5.02 Å². The first-order valence-electron chi connectivity index (χ1n) is 9.77. The van der Waals surface area contributed by atoms with E-state index in [1.807, 2.05) is 24.3 Å². The number of nitrogens with zero attached hydrogens (tertiary/aromatic N) is 2. The van der Waals surface area contributed by atoms with Crippen molar-refractivity contribution in [2.75, 3.05) is 11.1 Å². The summed E-state index contributed by atoms with van der Waals surface area (Å²) in [5.74, 6) is 0.552. The minimum Gasteiger partial charge on any atom is -0.467 e. The predicted octanol–water partition coefficient (Wildman–Crippen LogP) is 4.98. The quantitative estimate of drug-likeness (QED) is 0.315. The Balaban J connectivity index is 1.60. The average Bonchev–Trinajstić information content (AvgIpc) is 3.28. The van der Waals surface area contributed by atoms with Gasteiger partial charge in [-0.15, -0.1) is 0 Å². The fourth-order valence-electron chi connectivity index (χ4n) is 3.18. The van der Waals surface area contributed by atoms with E-state index in [4.69, 9.17) is 16.0 Å². The molecule has 0 saturated carbocycles. The van der Waals surface area contributed by atoms with E-state index < -0.39 is 0 Å². The number of halogens is 1. The fourth-order valence-corrected chi connectivity index (χ4v) is 4.14. The number of benzene rings is 2. The van der Waals surface area contributed by atoms with Crippen molar-refractivity contribution in [3.8, 4) is 0 Å². The number of hydrogen-bond acceptors (Lipinski definition) is 5. The molecule has 0 aliphatic rings. The first-order chi connectivity index (χ1) is 15.0. The Morgan fingerprint density at radius 3 is 2.84 bits per heavy atom. The summed E-state index contributed by atoms with van der Waals surface area (Å²) in [5.41, 5.74) is 2.17. The van der Waals surface area contributed by atoms with Crippen molar-refractivity contribution >= 4 is 45.9 Å². The number of anilines is 1. The second-order valence-corrected chi connectivity index (χ2v) is 8.30. The van der Waals surface area contributed by atoms with Crippen LogP contribution in [-0.4, -0.2) is 21.2 Å². The van der Waals surface area contributed by atoms with Crippen molar-refractivity contribution in [1.82, 2.24) is 9.55 Å². The van der Waals surface area contributed by atoms with E-state index >= 15 is 0 Å². The molecule has 1 amide bonds. The number of aromatic nitrogens is 2. The molecule has 0 aliphatic heterocycles. The molecule has 0 bridgehead atoms. The Labute approximate surface area is 188 Å². The van der Waals surface area contributed by atoms with E-state index in [0.717, 1.165) is 17.7 Å². The second kappa shape index (κ2) is 9.41. The highest BCUT2D eigenvalue weighted by molar-refractivity contribution is 7.99. The predicted molar refractivity (Wildman–Crippen MR) is 124 cm³/mol. The van der Waals surface area contributed by atoms with Crippen molar-refractivity contribution in [2.45, 2.75) is 25.0 Å². The highest BCUT2D eigenvalue weighted by Crippen LogP contribution is 2.22. The van der Waals surface area contributed by atoms with Crippen molar-refractivity contribution < 1.29 is 9.21 Å². The van der Waals surface area contributed by atoms with Crippen LogP contribution >= 0.6 is 23.4 Å². The molecule has 0 saturated heterocycles. The number of hydrogen-bond donors (Lipinski definition) is 1. The number of aryl methyl sites for hydroxylation is 1. The maximum atomic E-state index is 13.1. The summed E-state index contributed by atoms with van der Waals surface area (Å²) < 4.78 is 6.93. The molecule has 0 radical (unpaired) electrons. The monoisotopic (exact) mass is 453 g/mol. The lowest BCUT2D eigenvalue weighted by atomic mass is 10.1. The number of thioether (sulfide) groups is 1. The molecule has 31 heavy (non-hydrogen) atoms. The van der Waals surface area contributed by atoms with Crippen molar-refractivity contribution in [3.05, 3.63) is 87.6 Å². The molecule has 2 heterocycles. The first kappa shape index (κ1) is 21.2. The Morgan fingerprint density at radius 2 is 2.06 bits per heavy atom. The molecule has 6 nitrogen and oxygen atoms in total. The fraction of sp³-hybridized carbons (Fsp3) is 0.174. The third-order valence-corrected chi connectivity index (χ3v) is 5.94. The summed E-state index contributed by atoms with van der Waals surface area (Å²) >= 11 is 7.28. The van der Waals surface area contributed by atoms with Crippen molar-refractivity contribution in [2.24, 2.45) is 0 Å². The van der Waals surface area contributed by atoms with E-state index in [0.29, 0.717) is 26.8 Å². The molecule has 2 aromatic carbocycles. The molecule has 0 aliphatic carbocycles. The highest BCUT2D eigenvalue weighted by Gasteiger charge is 2.15. The first-order valence-corrected chi connectivity index (χ1v) is 11.1. The number of carbonyl (C=O) groups is 1. The Morgan fingerprint density at radius 1 is 1.19 bits per heavy atom. The number of rotatable bonds is 7. The van der Waals surface area contributed by atoms with E-state index in [1.165, 1.54) is 16.3 Å². The lowest BCUT2D eigenvalue weighted by molar-refractivity contribution is -0.113. The van der Waals surface area contributed by atoms with Crippen LogP contribution in [0.4, 0.5) is 5.69 Å². The van der Waals surface area contributed by atoms with Gasteiger partial charge in [-0.3, -0.25) is 14.2 Å². The lowest BCUT2D eigenvalue weighted by Crippen LogP contribution is -2.24. The smallest absolute Gasteiger partial charge is 0.262 e. The molecule has 2 aromatic heterocycles. The summed E-state index contributed by atoms with van der Waals surface area (Å²) in [7, 11) is 0. The van der Waals surface area contributed by atoms with E-state index in [-0.39, 0.29) is 23.8 Å². The molecule has 0 unspecified atom stereocenters. The largest absolute Gasteiger partial charge is 0.467 e. The molecule has 8 heteroatoms. The van der Waals surface area contributed by atoms with Crippen LogP contribution in [0.1, 0.15) is 18.2 Å². The molecular weight excluding hydrogens is 434 g/mol. The van der Waals surface area contributed by atoms with Gasteiger partial charge in [-0.1, -0.05) is 42.4 Å². The summed E-state index contributed by atoms with van der Waals surface area (Å²) in [6.07, 6.45) is 2.44. The molecule has 4 aromatic rings.